The first-order valence-corrected chi connectivity index (χ1v) is 10.9. The summed E-state index contributed by atoms with van der Waals surface area (Å²) >= 11 is 7.35. The van der Waals surface area contributed by atoms with E-state index in [1.54, 1.807) is 22.8 Å². The second kappa shape index (κ2) is 9.11. The van der Waals surface area contributed by atoms with Crippen molar-refractivity contribution >= 4 is 40.2 Å². The van der Waals surface area contributed by atoms with Crippen molar-refractivity contribution in [1.29, 1.82) is 0 Å². The van der Waals surface area contributed by atoms with Crippen LogP contribution in [0.1, 0.15) is 52.0 Å². The molecule has 3 rings (SSSR count). The van der Waals surface area contributed by atoms with Gasteiger partial charge in [0.25, 0.3) is 5.56 Å². The minimum Gasteiger partial charge on any atom is -0.355 e. The van der Waals surface area contributed by atoms with Crippen LogP contribution in [-0.2, 0) is 4.79 Å². The fourth-order valence-corrected chi connectivity index (χ4v) is 4.66. The maximum atomic E-state index is 12.8. The summed E-state index contributed by atoms with van der Waals surface area (Å²) in [5.74, 6) is 0.835. The lowest BCUT2D eigenvalue weighted by atomic mass is 9.89. The SMILES string of the molecule is CC(C)n1c(SCC(=O)NCC2CCCCC2)nc2cc(Cl)ccc2c1=O. The maximum Gasteiger partial charge on any atom is 0.262 e. The average Bonchev–Trinajstić information content (AvgIpc) is 2.65. The second-order valence-electron chi connectivity index (χ2n) is 7.42. The molecule has 7 heteroatoms. The lowest BCUT2D eigenvalue weighted by molar-refractivity contribution is -0.118. The lowest BCUT2D eigenvalue weighted by Gasteiger charge is -2.21. The fraction of sp³-hybridized carbons (Fsp3) is 0.550. The molecule has 1 fully saturated rings. The highest BCUT2D eigenvalue weighted by Crippen LogP contribution is 2.24. The minimum atomic E-state index is -0.100. The minimum absolute atomic E-state index is 0.0127. The molecule has 1 aliphatic rings. The topological polar surface area (TPSA) is 64.0 Å². The van der Waals surface area contributed by atoms with Gasteiger partial charge in [0.05, 0.1) is 16.7 Å². The summed E-state index contributed by atoms with van der Waals surface area (Å²) in [6, 6.07) is 5.05. The van der Waals surface area contributed by atoms with Gasteiger partial charge in [-0.3, -0.25) is 14.2 Å². The van der Waals surface area contributed by atoms with Crippen LogP contribution in [-0.4, -0.2) is 27.8 Å². The number of aromatic nitrogens is 2. The Labute approximate surface area is 168 Å². The highest BCUT2D eigenvalue weighted by molar-refractivity contribution is 7.99. The van der Waals surface area contributed by atoms with Crippen LogP contribution in [0.3, 0.4) is 0 Å². The van der Waals surface area contributed by atoms with E-state index in [0.717, 1.165) is 6.54 Å². The molecule has 1 saturated carbocycles. The Bertz CT molecular complexity index is 875. The first-order valence-electron chi connectivity index (χ1n) is 9.57. The van der Waals surface area contributed by atoms with Crippen LogP contribution in [0, 0.1) is 5.92 Å². The molecular weight excluding hydrogens is 382 g/mol. The molecule has 1 aromatic carbocycles. The van der Waals surface area contributed by atoms with E-state index >= 15 is 0 Å². The van der Waals surface area contributed by atoms with Crippen molar-refractivity contribution in [3.05, 3.63) is 33.6 Å². The number of carbonyl (C=O) groups is 1. The Morgan fingerprint density at radius 2 is 2.07 bits per heavy atom. The number of thioether (sulfide) groups is 1. The Kier molecular flexibility index (Phi) is 6.82. The zero-order valence-electron chi connectivity index (χ0n) is 15.8. The molecule has 146 valence electrons. The predicted octanol–water partition coefficient (Wildman–Crippen LogP) is 4.42. The predicted molar refractivity (Wildman–Crippen MR) is 112 cm³/mol. The summed E-state index contributed by atoms with van der Waals surface area (Å²) in [5, 5.41) is 4.67. The van der Waals surface area contributed by atoms with Crippen molar-refractivity contribution in [3.8, 4) is 0 Å². The van der Waals surface area contributed by atoms with E-state index in [0.29, 0.717) is 27.0 Å². The lowest BCUT2D eigenvalue weighted by Crippen LogP contribution is -2.32. The van der Waals surface area contributed by atoms with Gasteiger partial charge in [-0.1, -0.05) is 42.6 Å². The zero-order chi connectivity index (χ0) is 19.4. The van der Waals surface area contributed by atoms with E-state index in [-0.39, 0.29) is 23.3 Å². The number of amides is 1. The van der Waals surface area contributed by atoms with Gasteiger partial charge in [-0.15, -0.1) is 0 Å². The fourth-order valence-electron chi connectivity index (χ4n) is 3.54. The summed E-state index contributed by atoms with van der Waals surface area (Å²) in [5.41, 5.74) is 0.464. The van der Waals surface area contributed by atoms with Gasteiger partial charge in [-0.2, -0.15) is 0 Å². The molecule has 1 aromatic heterocycles. The molecule has 5 nitrogen and oxygen atoms in total. The molecule has 2 aromatic rings. The highest BCUT2D eigenvalue weighted by Gasteiger charge is 2.17. The number of benzene rings is 1. The van der Waals surface area contributed by atoms with E-state index < -0.39 is 0 Å². The molecule has 0 atom stereocenters. The molecule has 0 bridgehead atoms. The quantitative estimate of drug-likeness (QED) is 0.568. The largest absolute Gasteiger partial charge is 0.355 e. The van der Waals surface area contributed by atoms with Crippen molar-refractivity contribution in [2.45, 2.75) is 57.1 Å². The third-order valence-electron chi connectivity index (χ3n) is 4.99. The van der Waals surface area contributed by atoms with Crippen molar-refractivity contribution in [2.24, 2.45) is 5.92 Å². The Morgan fingerprint density at radius 1 is 1.33 bits per heavy atom. The molecule has 1 N–H and O–H groups in total. The zero-order valence-corrected chi connectivity index (χ0v) is 17.4. The van der Waals surface area contributed by atoms with Crippen LogP contribution in [0.15, 0.2) is 28.2 Å². The molecule has 0 saturated heterocycles. The summed E-state index contributed by atoms with van der Waals surface area (Å²) in [7, 11) is 0. The van der Waals surface area contributed by atoms with Gasteiger partial charge in [-0.25, -0.2) is 4.98 Å². The van der Waals surface area contributed by atoms with E-state index in [1.165, 1.54) is 43.9 Å². The van der Waals surface area contributed by atoms with Crippen LogP contribution in [0.5, 0.6) is 0 Å². The summed E-state index contributed by atoms with van der Waals surface area (Å²) in [4.78, 5) is 29.7. The standard InChI is InChI=1S/C20H26ClN3O2S/c1-13(2)24-19(26)16-9-8-15(21)10-17(16)23-20(24)27-12-18(25)22-11-14-6-4-3-5-7-14/h8-10,13-14H,3-7,11-12H2,1-2H3,(H,22,25). The van der Waals surface area contributed by atoms with Crippen LogP contribution in [0.25, 0.3) is 10.9 Å². The van der Waals surface area contributed by atoms with Crippen molar-refractivity contribution in [1.82, 2.24) is 14.9 Å². The van der Waals surface area contributed by atoms with E-state index in [4.69, 9.17) is 11.6 Å². The van der Waals surface area contributed by atoms with E-state index in [9.17, 15) is 9.59 Å². The number of nitrogens with zero attached hydrogens (tertiary/aromatic N) is 2. The Hall–Kier alpha value is -1.53. The van der Waals surface area contributed by atoms with Gasteiger partial charge >= 0.3 is 0 Å². The van der Waals surface area contributed by atoms with Crippen LogP contribution < -0.4 is 10.9 Å². The van der Waals surface area contributed by atoms with E-state index in [1.807, 2.05) is 13.8 Å². The van der Waals surface area contributed by atoms with Crippen molar-refractivity contribution < 1.29 is 4.79 Å². The second-order valence-corrected chi connectivity index (χ2v) is 8.80. The number of fused-ring (bicyclic) bond motifs is 1. The van der Waals surface area contributed by atoms with Gasteiger partial charge in [0.1, 0.15) is 0 Å². The number of halogens is 1. The van der Waals surface area contributed by atoms with Gasteiger partial charge in [0.15, 0.2) is 5.16 Å². The molecule has 1 aliphatic carbocycles. The van der Waals surface area contributed by atoms with Crippen molar-refractivity contribution in [2.75, 3.05) is 12.3 Å². The Balaban J connectivity index is 1.72. The first-order chi connectivity index (χ1) is 13.0. The van der Waals surface area contributed by atoms with Gasteiger partial charge < -0.3 is 5.32 Å². The van der Waals surface area contributed by atoms with E-state index in [2.05, 4.69) is 10.3 Å². The number of rotatable bonds is 6. The molecule has 1 amide bonds. The molecule has 1 heterocycles. The maximum absolute atomic E-state index is 12.8. The molecule has 0 unspecified atom stereocenters. The first kappa shape index (κ1) is 20.2. The number of nitrogens with one attached hydrogen (secondary N) is 1. The van der Waals surface area contributed by atoms with Crippen LogP contribution >= 0.6 is 23.4 Å². The monoisotopic (exact) mass is 407 g/mol. The molecule has 0 radical (unpaired) electrons. The third-order valence-corrected chi connectivity index (χ3v) is 6.18. The highest BCUT2D eigenvalue weighted by atomic mass is 35.5. The van der Waals surface area contributed by atoms with Gasteiger partial charge in [0.2, 0.25) is 5.91 Å². The smallest absolute Gasteiger partial charge is 0.262 e. The third kappa shape index (κ3) is 5.05. The van der Waals surface area contributed by atoms with Crippen LogP contribution in [0.4, 0.5) is 0 Å². The summed E-state index contributed by atoms with van der Waals surface area (Å²) in [6.07, 6.45) is 6.24. The molecule has 27 heavy (non-hydrogen) atoms. The molecule has 0 aliphatic heterocycles. The van der Waals surface area contributed by atoms with Crippen LogP contribution in [0.2, 0.25) is 5.02 Å². The van der Waals surface area contributed by atoms with Crippen molar-refractivity contribution in [3.63, 3.8) is 0 Å². The Morgan fingerprint density at radius 3 is 2.78 bits per heavy atom. The summed E-state index contributed by atoms with van der Waals surface area (Å²) in [6.45, 7) is 4.63. The number of hydrogen-bond donors (Lipinski definition) is 1. The normalized spacial score (nSPS) is 15.4. The number of carbonyl (C=O) groups excluding carboxylic acids is 1. The molecule has 0 spiro atoms. The van der Waals surface area contributed by atoms with Gasteiger partial charge in [-0.05, 0) is 50.8 Å². The average molecular weight is 408 g/mol. The summed E-state index contributed by atoms with van der Waals surface area (Å²) < 4.78 is 1.65. The number of hydrogen-bond acceptors (Lipinski definition) is 4. The van der Waals surface area contributed by atoms with Gasteiger partial charge in [0, 0.05) is 17.6 Å². The molecular formula is C20H26ClN3O2S.